The maximum atomic E-state index is 12.4. The Morgan fingerprint density at radius 2 is 1.95 bits per heavy atom. The van der Waals surface area contributed by atoms with Crippen molar-refractivity contribution < 1.29 is 19.1 Å². The smallest absolute Gasteiger partial charge is 0.321 e. The van der Waals surface area contributed by atoms with Gasteiger partial charge in [0.25, 0.3) is 0 Å². The second-order valence-corrected chi connectivity index (χ2v) is 6.47. The Morgan fingerprint density at radius 1 is 1.40 bits per heavy atom. The summed E-state index contributed by atoms with van der Waals surface area (Å²) in [7, 11) is 0. The number of rotatable bonds is 6. The Hall–Kier alpha value is -1.14. The van der Waals surface area contributed by atoms with Gasteiger partial charge in [-0.1, -0.05) is 27.7 Å². The van der Waals surface area contributed by atoms with Gasteiger partial charge in [-0.2, -0.15) is 0 Å². The first kappa shape index (κ1) is 16.9. The molecule has 6 nitrogen and oxygen atoms in total. The standard InChI is InChI=1S/C14H26N2O4/c1-9(19-7-11-8-20-11)6-16(13(15)18)12(17)10(2)14(3,4)5/h9-11H,6-8H2,1-5H3,(H2,15,18). The molecule has 2 N–H and O–H groups in total. The summed E-state index contributed by atoms with van der Waals surface area (Å²) >= 11 is 0. The van der Waals surface area contributed by atoms with Crippen LogP contribution < -0.4 is 5.73 Å². The number of primary amides is 1. The van der Waals surface area contributed by atoms with Gasteiger partial charge in [0.2, 0.25) is 5.91 Å². The molecule has 1 saturated heterocycles. The van der Waals surface area contributed by atoms with Crippen LogP contribution in [-0.2, 0) is 14.3 Å². The molecule has 1 aliphatic rings. The number of urea groups is 1. The Labute approximate surface area is 120 Å². The first-order chi connectivity index (χ1) is 9.12. The maximum absolute atomic E-state index is 12.4. The van der Waals surface area contributed by atoms with E-state index in [0.717, 1.165) is 4.90 Å². The largest absolute Gasteiger partial charge is 0.374 e. The topological polar surface area (TPSA) is 85.2 Å². The van der Waals surface area contributed by atoms with Gasteiger partial charge in [0.1, 0.15) is 6.10 Å². The van der Waals surface area contributed by atoms with Crippen LogP contribution in [0.1, 0.15) is 34.6 Å². The van der Waals surface area contributed by atoms with Gasteiger partial charge in [0.05, 0.1) is 25.9 Å². The van der Waals surface area contributed by atoms with Crippen LogP contribution in [-0.4, -0.2) is 48.8 Å². The van der Waals surface area contributed by atoms with Crippen molar-refractivity contribution in [1.29, 1.82) is 0 Å². The number of carbonyl (C=O) groups excluding carboxylic acids is 2. The average Bonchev–Trinajstić information content (AvgIpc) is 3.14. The molecule has 3 atom stereocenters. The molecule has 1 rings (SSSR count). The monoisotopic (exact) mass is 286 g/mol. The van der Waals surface area contributed by atoms with Gasteiger partial charge in [-0.25, -0.2) is 4.79 Å². The zero-order valence-electron chi connectivity index (χ0n) is 13.0. The Morgan fingerprint density at radius 3 is 2.35 bits per heavy atom. The average molecular weight is 286 g/mol. The summed E-state index contributed by atoms with van der Waals surface area (Å²) in [5.74, 6) is -0.558. The third-order valence-corrected chi connectivity index (χ3v) is 3.61. The lowest BCUT2D eigenvalue weighted by Crippen LogP contribution is -2.49. The molecule has 3 unspecified atom stereocenters. The van der Waals surface area contributed by atoms with Gasteiger partial charge in [0.15, 0.2) is 0 Å². The summed E-state index contributed by atoms with van der Waals surface area (Å²) in [4.78, 5) is 24.9. The molecule has 0 bridgehead atoms. The van der Waals surface area contributed by atoms with Crippen molar-refractivity contribution in [2.45, 2.75) is 46.8 Å². The van der Waals surface area contributed by atoms with Gasteiger partial charge < -0.3 is 15.2 Å². The lowest BCUT2D eigenvalue weighted by atomic mass is 9.81. The fourth-order valence-electron chi connectivity index (χ4n) is 1.64. The van der Waals surface area contributed by atoms with Crippen molar-refractivity contribution >= 4 is 11.9 Å². The van der Waals surface area contributed by atoms with E-state index in [2.05, 4.69) is 0 Å². The molecule has 1 aliphatic heterocycles. The highest BCUT2D eigenvalue weighted by molar-refractivity contribution is 5.95. The van der Waals surface area contributed by atoms with Gasteiger partial charge in [0, 0.05) is 5.92 Å². The van der Waals surface area contributed by atoms with Gasteiger partial charge in [-0.3, -0.25) is 9.69 Å². The molecule has 6 heteroatoms. The molecule has 0 aliphatic carbocycles. The fraction of sp³-hybridized carbons (Fsp3) is 0.857. The van der Waals surface area contributed by atoms with Crippen LogP contribution in [0.15, 0.2) is 0 Å². The summed E-state index contributed by atoms with van der Waals surface area (Å²) in [5.41, 5.74) is 5.10. The van der Waals surface area contributed by atoms with Gasteiger partial charge in [-0.05, 0) is 12.3 Å². The lowest BCUT2D eigenvalue weighted by molar-refractivity contribution is -0.136. The van der Waals surface area contributed by atoms with E-state index in [1.54, 1.807) is 0 Å². The Kier molecular flexibility index (Phi) is 5.53. The van der Waals surface area contributed by atoms with E-state index in [1.165, 1.54) is 0 Å². The minimum atomic E-state index is -0.732. The summed E-state index contributed by atoms with van der Waals surface area (Å²) in [6, 6.07) is -0.732. The van der Waals surface area contributed by atoms with E-state index in [1.807, 2.05) is 34.6 Å². The van der Waals surface area contributed by atoms with Gasteiger partial charge in [-0.15, -0.1) is 0 Å². The fourth-order valence-corrected chi connectivity index (χ4v) is 1.64. The van der Waals surface area contributed by atoms with Crippen LogP contribution in [0.3, 0.4) is 0 Å². The number of ether oxygens (including phenoxy) is 2. The number of nitrogens with zero attached hydrogens (tertiary/aromatic N) is 1. The molecule has 0 spiro atoms. The normalized spacial score (nSPS) is 21.1. The Bertz CT molecular complexity index is 361. The number of nitrogens with two attached hydrogens (primary N) is 1. The van der Waals surface area contributed by atoms with E-state index in [0.29, 0.717) is 13.2 Å². The molecule has 0 aromatic carbocycles. The molecule has 0 aromatic rings. The van der Waals surface area contributed by atoms with Gasteiger partial charge >= 0.3 is 6.03 Å². The van der Waals surface area contributed by atoms with Crippen molar-refractivity contribution in [3.05, 3.63) is 0 Å². The predicted octanol–water partition coefficient (Wildman–Crippen LogP) is 1.38. The minimum absolute atomic E-state index is 0.156. The van der Waals surface area contributed by atoms with Crippen molar-refractivity contribution in [3.8, 4) is 0 Å². The van der Waals surface area contributed by atoms with Crippen LogP contribution in [0.2, 0.25) is 0 Å². The zero-order chi connectivity index (χ0) is 15.5. The quantitative estimate of drug-likeness (QED) is 0.747. The van der Waals surface area contributed by atoms with E-state index < -0.39 is 6.03 Å². The number of carbonyl (C=O) groups is 2. The van der Waals surface area contributed by atoms with E-state index in [9.17, 15) is 9.59 Å². The SMILES string of the molecule is CC(CN(C(N)=O)C(=O)C(C)C(C)(C)C)OCC1CO1. The number of amides is 3. The molecule has 1 fully saturated rings. The minimum Gasteiger partial charge on any atom is -0.374 e. The Balaban J connectivity index is 2.58. The van der Waals surface area contributed by atoms with Crippen LogP contribution in [0.5, 0.6) is 0 Å². The van der Waals surface area contributed by atoms with Crippen molar-refractivity contribution in [2.24, 2.45) is 17.1 Å². The van der Waals surface area contributed by atoms with Crippen LogP contribution in [0, 0.1) is 11.3 Å². The first-order valence-electron chi connectivity index (χ1n) is 6.97. The van der Waals surface area contributed by atoms with Crippen molar-refractivity contribution in [3.63, 3.8) is 0 Å². The summed E-state index contributed by atoms with van der Waals surface area (Å²) < 4.78 is 10.6. The molecular formula is C14H26N2O4. The van der Waals surface area contributed by atoms with Crippen LogP contribution in [0.4, 0.5) is 4.79 Å². The van der Waals surface area contributed by atoms with Crippen LogP contribution in [0.25, 0.3) is 0 Å². The maximum Gasteiger partial charge on any atom is 0.321 e. The summed E-state index contributed by atoms with van der Waals surface area (Å²) in [5, 5.41) is 0. The molecule has 0 saturated carbocycles. The highest BCUT2D eigenvalue weighted by Gasteiger charge is 2.33. The highest BCUT2D eigenvalue weighted by Crippen LogP contribution is 2.27. The second-order valence-electron chi connectivity index (χ2n) is 6.47. The third kappa shape index (κ3) is 5.09. The number of imide groups is 1. The highest BCUT2D eigenvalue weighted by atomic mass is 16.6. The molecule has 0 aromatic heterocycles. The van der Waals surface area contributed by atoms with E-state index >= 15 is 0 Å². The zero-order valence-corrected chi connectivity index (χ0v) is 13.0. The first-order valence-corrected chi connectivity index (χ1v) is 6.97. The van der Waals surface area contributed by atoms with E-state index in [-0.39, 0.29) is 36.0 Å². The molecule has 0 radical (unpaired) electrons. The summed E-state index contributed by atoms with van der Waals surface area (Å²) in [6.07, 6.45) is -0.105. The molecule has 1 heterocycles. The summed E-state index contributed by atoms with van der Waals surface area (Å²) in [6.45, 7) is 10.9. The molecular weight excluding hydrogens is 260 g/mol. The van der Waals surface area contributed by atoms with E-state index in [4.69, 9.17) is 15.2 Å². The molecule has 3 amide bonds. The molecule has 116 valence electrons. The number of hydrogen-bond donors (Lipinski definition) is 1. The third-order valence-electron chi connectivity index (χ3n) is 3.61. The van der Waals surface area contributed by atoms with Crippen molar-refractivity contribution in [1.82, 2.24) is 4.90 Å². The lowest BCUT2D eigenvalue weighted by Gasteiger charge is -2.31. The number of hydrogen-bond acceptors (Lipinski definition) is 4. The second kappa shape index (κ2) is 6.54. The van der Waals surface area contributed by atoms with Crippen LogP contribution >= 0.6 is 0 Å². The molecule has 20 heavy (non-hydrogen) atoms. The van der Waals surface area contributed by atoms with Crippen molar-refractivity contribution in [2.75, 3.05) is 19.8 Å². The number of epoxide rings is 1. The predicted molar refractivity (Wildman–Crippen MR) is 75.1 cm³/mol.